The van der Waals surface area contributed by atoms with Crippen molar-refractivity contribution in [2.75, 3.05) is 20.6 Å². The summed E-state index contributed by atoms with van der Waals surface area (Å²) in [6, 6.07) is 8.17. The van der Waals surface area contributed by atoms with E-state index in [4.69, 9.17) is 0 Å². The second-order valence-electron chi connectivity index (χ2n) is 4.87. The van der Waals surface area contributed by atoms with E-state index in [9.17, 15) is 13.2 Å². The van der Waals surface area contributed by atoms with E-state index in [1.165, 1.54) is 5.56 Å². The molecule has 0 saturated carbocycles. The third kappa shape index (κ3) is 7.86. The molecule has 0 aromatic heterocycles. The maximum Gasteiger partial charge on any atom is 0.390 e. The fourth-order valence-electron chi connectivity index (χ4n) is 1.93. The van der Waals surface area contributed by atoms with Gasteiger partial charge in [-0.1, -0.05) is 31.2 Å². The van der Waals surface area contributed by atoms with Gasteiger partial charge in [0.1, 0.15) is 0 Å². The Balaban J connectivity index is 0.00000441. The highest BCUT2D eigenvalue weighted by Gasteiger charge is 2.26. The summed E-state index contributed by atoms with van der Waals surface area (Å²) in [6.45, 7) is 2.51. The van der Waals surface area contributed by atoms with Crippen molar-refractivity contribution in [2.24, 2.45) is 4.99 Å². The van der Waals surface area contributed by atoms with Crippen LogP contribution in [0, 0.1) is 0 Å². The Morgan fingerprint density at radius 1 is 1.18 bits per heavy atom. The molecule has 0 amide bonds. The Hall–Kier alpha value is -0.990. The third-order valence-corrected chi connectivity index (χ3v) is 3.12. The molecule has 126 valence electrons. The van der Waals surface area contributed by atoms with Crippen molar-refractivity contribution in [3.8, 4) is 0 Å². The molecule has 0 radical (unpaired) electrons. The van der Waals surface area contributed by atoms with Crippen LogP contribution in [0.4, 0.5) is 13.2 Å². The standard InChI is InChI=1S/C15H22F3N3.HI/c1-4-12-5-7-13(8-6-12)11-21(3)14(19-2)20-10-9-15(16,17)18;/h5-8H,4,9-11H2,1-3H3,(H,19,20);1H. The summed E-state index contributed by atoms with van der Waals surface area (Å²) >= 11 is 0. The SMILES string of the molecule is CCc1ccc(CN(C)C(=NC)NCCC(F)(F)F)cc1.I. The maximum absolute atomic E-state index is 12.1. The van der Waals surface area contributed by atoms with Gasteiger partial charge in [-0.3, -0.25) is 4.99 Å². The van der Waals surface area contributed by atoms with Crippen LogP contribution in [0.15, 0.2) is 29.3 Å². The zero-order valence-corrected chi connectivity index (χ0v) is 15.4. The van der Waals surface area contributed by atoms with Crippen molar-refractivity contribution in [1.82, 2.24) is 10.2 Å². The van der Waals surface area contributed by atoms with Crippen LogP contribution in [0.2, 0.25) is 0 Å². The zero-order chi connectivity index (χ0) is 15.9. The first kappa shape index (κ1) is 21.0. The number of aliphatic imine (C=N–C) groups is 1. The average Bonchev–Trinajstić information content (AvgIpc) is 2.43. The van der Waals surface area contributed by atoms with Crippen LogP contribution in [-0.2, 0) is 13.0 Å². The molecule has 0 unspecified atom stereocenters. The topological polar surface area (TPSA) is 27.6 Å². The summed E-state index contributed by atoms with van der Waals surface area (Å²) in [4.78, 5) is 5.80. The van der Waals surface area contributed by atoms with Gasteiger partial charge in [-0.25, -0.2) is 0 Å². The molecule has 3 nitrogen and oxygen atoms in total. The van der Waals surface area contributed by atoms with Crippen molar-refractivity contribution in [1.29, 1.82) is 0 Å². The lowest BCUT2D eigenvalue weighted by Gasteiger charge is -2.22. The van der Waals surface area contributed by atoms with Gasteiger partial charge in [-0.05, 0) is 17.5 Å². The maximum atomic E-state index is 12.1. The van der Waals surface area contributed by atoms with Gasteiger partial charge < -0.3 is 10.2 Å². The van der Waals surface area contributed by atoms with Gasteiger partial charge >= 0.3 is 6.18 Å². The molecule has 0 saturated heterocycles. The summed E-state index contributed by atoms with van der Waals surface area (Å²) in [7, 11) is 3.36. The Morgan fingerprint density at radius 3 is 2.18 bits per heavy atom. The second kappa shape index (κ2) is 9.91. The molecule has 0 aliphatic heterocycles. The quantitative estimate of drug-likeness (QED) is 0.438. The summed E-state index contributed by atoms with van der Waals surface area (Å²) in [5.74, 6) is 0.457. The monoisotopic (exact) mass is 429 g/mol. The number of halogens is 4. The molecule has 1 N–H and O–H groups in total. The average molecular weight is 429 g/mol. The summed E-state index contributed by atoms with van der Waals surface area (Å²) < 4.78 is 36.4. The number of aryl methyl sites for hydroxylation is 1. The molecule has 0 aliphatic carbocycles. The normalized spacial score (nSPS) is 11.8. The van der Waals surface area contributed by atoms with E-state index >= 15 is 0 Å². The van der Waals surface area contributed by atoms with E-state index in [-0.39, 0.29) is 30.5 Å². The smallest absolute Gasteiger partial charge is 0.356 e. The molecule has 0 spiro atoms. The van der Waals surface area contributed by atoms with E-state index in [0.29, 0.717) is 12.5 Å². The predicted molar refractivity (Wildman–Crippen MR) is 94.7 cm³/mol. The van der Waals surface area contributed by atoms with E-state index in [1.54, 1.807) is 19.0 Å². The molecule has 0 atom stereocenters. The molecule has 0 heterocycles. The van der Waals surface area contributed by atoms with Crippen LogP contribution in [0.3, 0.4) is 0 Å². The minimum absolute atomic E-state index is 0. The first-order valence-corrected chi connectivity index (χ1v) is 6.92. The molecule has 7 heteroatoms. The summed E-state index contributed by atoms with van der Waals surface area (Å²) in [6.07, 6.45) is -4.04. The first-order valence-electron chi connectivity index (χ1n) is 6.92. The van der Waals surface area contributed by atoms with Gasteiger partial charge in [-0.2, -0.15) is 13.2 Å². The lowest BCUT2D eigenvalue weighted by atomic mass is 10.1. The summed E-state index contributed by atoms with van der Waals surface area (Å²) in [5, 5.41) is 2.72. The van der Waals surface area contributed by atoms with Crippen molar-refractivity contribution in [2.45, 2.75) is 32.5 Å². The van der Waals surface area contributed by atoms with Gasteiger partial charge in [0.05, 0.1) is 6.42 Å². The fourth-order valence-corrected chi connectivity index (χ4v) is 1.93. The Bertz CT molecular complexity index is 458. The van der Waals surface area contributed by atoms with E-state index < -0.39 is 12.6 Å². The van der Waals surface area contributed by atoms with Crippen molar-refractivity contribution in [3.63, 3.8) is 0 Å². The Kier molecular flexibility index (Phi) is 9.47. The van der Waals surface area contributed by atoms with E-state index in [1.807, 2.05) is 12.1 Å². The highest BCUT2D eigenvalue weighted by molar-refractivity contribution is 14.0. The van der Waals surface area contributed by atoms with Crippen molar-refractivity contribution in [3.05, 3.63) is 35.4 Å². The minimum atomic E-state index is -4.15. The molecule has 0 aliphatic rings. The number of nitrogens with one attached hydrogen (secondary N) is 1. The van der Waals surface area contributed by atoms with Crippen LogP contribution in [-0.4, -0.2) is 37.7 Å². The molecular formula is C15H23F3IN3. The first-order chi connectivity index (χ1) is 9.85. The second-order valence-corrected chi connectivity index (χ2v) is 4.87. The minimum Gasteiger partial charge on any atom is -0.356 e. The molecular weight excluding hydrogens is 406 g/mol. The van der Waals surface area contributed by atoms with Crippen LogP contribution < -0.4 is 5.32 Å². The van der Waals surface area contributed by atoms with E-state index in [0.717, 1.165) is 12.0 Å². The molecule has 1 rings (SSSR count). The molecule has 1 aromatic rings. The van der Waals surface area contributed by atoms with Gasteiger partial charge in [0.2, 0.25) is 0 Å². The number of alkyl halides is 3. The van der Waals surface area contributed by atoms with Crippen molar-refractivity contribution >= 4 is 29.9 Å². The van der Waals surface area contributed by atoms with E-state index in [2.05, 4.69) is 29.4 Å². The Morgan fingerprint density at radius 2 is 1.73 bits per heavy atom. The zero-order valence-electron chi connectivity index (χ0n) is 13.1. The number of rotatable bonds is 5. The highest BCUT2D eigenvalue weighted by atomic mass is 127. The molecule has 0 fully saturated rings. The highest BCUT2D eigenvalue weighted by Crippen LogP contribution is 2.18. The van der Waals surface area contributed by atoms with Gasteiger partial charge in [0.25, 0.3) is 0 Å². The number of nitrogens with zero attached hydrogens (tertiary/aromatic N) is 2. The van der Waals surface area contributed by atoms with Gasteiger partial charge in [-0.15, -0.1) is 24.0 Å². The van der Waals surface area contributed by atoms with Gasteiger partial charge in [0, 0.05) is 27.2 Å². The van der Waals surface area contributed by atoms with Crippen LogP contribution in [0.1, 0.15) is 24.5 Å². The fraction of sp³-hybridized carbons (Fsp3) is 0.533. The van der Waals surface area contributed by atoms with Crippen LogP contribution >= 0.6 is 24.0 Å². The largest absolute Gasteiger partial charge is 0.390 e. The predicted octanol–water partition coefficient (Wildman–Crippen LogP) is 3.83. The lowest BCUT2D eigenvalue weighted by molar-refractivity contribution is -0.132. The number of hydrogen-bond acceptors (Lipinski definition) is 1. The van der Waals surface area contributed by atoms with Crippen LogP contribution in [0.5, 0.6) is 0 Å². The lowest BCUT2D eigenvalue weighted by Crippen LogP contribution is -2.39. The molecule has 1 aromatic carbocycles. The number of benzene rings is 1. The Labute approximate surface area is 147 Å². The van der Waals surface area contributed by atoms with Gasteiger partial charge in [0.15, 0.2) is 5.96 Å². The van der Waals surface area contributed by atoms with Crippen LogP contribution in [0.25, 0.3) is 0 Å². The molecule has 0 bridgehead atoms. The number of guanidine groups is 1. The number of hydrogen-bond donors (Lipinski definition) is 1. The molecule has 22 heavy (non-hydrogen) atoms. The van der Waals surface area contributed by atoms with Crippen molar-refractivity contribution < 1.29 is 13.2 Å². The third-order valence-electron chi connectivity index (χ3n) is 3.12. The summed E-state index contributed by atoms with van der Waals surface area (Å²) in [5.41, 5.74) is 2.35.